The number of nitrogens with one attached hydrogen (secondary N) is 1. The van der Waals surface area contributed by atoms with Crippen LogP contribution in [0.25, 0.3) is 0 Å². The monoisotopic (exact) mass is 530 g/mol. The number of halogens is 3. The van der Waals surface area contributed by atoms with E-state index in [0.29, 0.717) is 6.42 Å². The second kappa shape index (κ2) is 10.9. The molecule has 8 nitrogen and oxygen atoms in total. The summed E-state index contributed by atoms with van der Waals surface area (Å²) < 4.78 is 38.6. The van der Waals surface area contributed by atoms with E-state index < -0.39 is 41.7 Å². The Hall–Kier alpha value is -3.76. The number of likely N-dealkylation sites (tertiary alicyclic amines) is 2. The number of fused-ring (bicyclic) bond motifs is 1. The van der Waals surface area contributed by atoms with Crippen molar-refractivity contribution in [3.63, 3.8) is 0 Å². The number of aromatic nitrogens is 1. The number of amides is 3. The van der Waals surface area contributed by atoms with Crippen molar-refractivity contribution in [2.45, 2.75) is 57.4 Å². The first-order valence-electron chi connectivity index (χ1n) is 12.5. The van der Waals surface area contributed by atoms with Crippen LogP contribution in [0.15, 0.2) is 48.8 Å². The van der Waals surface area contributed by atoms with Crippen LogP contribution < -0.4 is 5.32 Å². The number of alkyl halides is 3. The fraction of sp³-hybridized carbons (Fsp3) is 0.444. The number of benzene rings is 1. The molecule has 2 aromatic rings. The molecule has 38 heavy (non-hydrogen) atoms. The molecular weight excluding hydrogens is 501 g/mol. The standard InChI is InChI=1S/C27H29F3N4O4/c1-16(2)12-20(32-25(37)18-5-7-19(8-6-18)27(28,29)30)26(38)33-11-9-21-24(33)22(35)15-34(21)23(36)13-17-4-3-10-31-14-17/h3-8,10,14,16,20-21,24H,9,11-13,15H2,1-2H3,(H,32,37). The smallest absolute Gasteiger partial charge is 0.340 e. The van der Waals surface area contributed by atoms with Crippen LogP contribution in [0.3, 0.4) is 0 Å². The number of carbonyl (C=O) groups is 4. The zero-order valence-electron chi connectivity index (χ0n) is 21.1. The second-order valence-electron chi connectivity index (χ2n) is 10.1. The fourth-order valence-corrected chi connectivity index (χ4v) is 5.11. The molecule has 2 aliphatic heterocycles. The average molecular weight is 531 g/mol. The van der Waals surface area contributed by atoms with Crippen LogP contribution in [0, 0.1) is 5.92 Å². The van der Waals surface area contributed by atoms with Crippen molar-refractivity contribution in [3.8, 4) is 0 Å². The molecule has 3 heterocycles. The van der Waals surface area contributed by atoms with E-state index in [2.05, 4.69) is 10.3 Å². The van der Waals surface area contributed by atoms with Gasteiger partial charge in [0.15, 0.2) is 5.78 Å². The molecule has 0 radical (unpaired) electrons. The maximum absolute atomic E-state index is 13.6. The van der Waals surface area contributed by atoms with Gasteiger partial charge in [0.2, 0.25) is 11.8 Å². The summed E-state index contributed by atoms with van der Waals surface area (Å²) in [6, 6.07) is 5.04. The van der Waals surface area contributed by atoms with Crippen LogP contribution in [0.4, 0.5) is 13.2 Å². The van der Waals surface area contributed by atoms with Crippen molar-refractivity contribution in [2.75, 3.05) is 13.1 Å². The van der Waals surface area contributed by atoms with E-state index in [1.54, 1.807) is 24.5 Å². The van der Waals surface area contributed by atoms with Gasteiger partial charge in [-0.25, -0.2) is 0 Å². The minimum atomic E-state index is -4.53. The summed E-state index contributed by atoms with van der Waals surface area (Å²) in [6.45, 7) is 3.90. The number of hydrogen-bond donors (Lipinski definition) is 1. The summed E-state index contributed by atoms with van der Waals surface area (Å²) in [6.07, 6.45) is -0.531. The third-order valence-corrected chi connectivity index (χ3v) is 6.89. The lowest BCUT2D eigenvalue weighted by Gasteiger charge is -2.29. The van der Waals surface area contributed by atoms with Crippen molar-refractivity contribution < 1.29 is 32.3 Å². The Kier molecular flexibility index (Phi) is 7.84. The van der Waals surface area contributed by atoms with Gasteiger partial charge < -0.3 is 15.1 Å². The van der Waals surface area contributed by atoms with Crippen molar-refractivity contribution in [1.82, 2.24) is 20.1 Å². The van der Waals surface area contributed by atoms with Gasteiger partial charge in [-0.15, -0.1) is 0 Å². The molecule has 3 unspecified atom stereocenters. The van der Waals surface area contributed by atoms with Gasteiger partial charge in [0.1, 0.15) is 12.1 Å². The van der Waals surface area contributed by atoms with Gasteiger partial charge in [0.05, 0.1) is 24.6 Å². The van der Waals surface area contributed by atoms with Crippen molar-refractivity contribution >= 4 is 23.5 Å². The van der Waals surface area contributed by atoms with E-state index >= 15 is 0 Å². The largest absolute Gasteiger partial charge is 0.416 e. The summed E-state index contributed by atoms with van der Waals surface area (Å²) in [5.41, 5.74) is -0.167. The zero-order valence-corrected chi connectivity index (χ0v) is 21.1. The van der Waals surface area contributed by atoms with Gasteiger partial charge in [-0.05, 0) is 54.7 Å². The van der Waals surface area contributed by atoms with Crippen LogP contribution in [0.2, 0.25) is 0 Å². The Morgan fingerprint density at radius 2 is 1.82 bits per heavy atom. The predicted molar refractivity (Wildman–Crippen MR) is 131 cm³/mol. The number of ketones is 1. The summed E-state index contributed by atoms with van der Waals surface area (Å²) in [5, 5.41) is 2.65. The predicted octanol–water partition coefficient (Wildman–Crippen LogP) is 2.87. The van der Waals surface area contributed by atoms with Crippen LogP contribution in [-0.2, 0) is 27.0 Å². The number of pyridine rings is 1. The van der Waals surface area contributed by atoms with E-state index in [0.717, 1.165) is 29.8 Å². The summed E-state index contributed by atoms with van der Waals surface area (Å²) in [4.78, 5) is 59.3. The first-order chi connectivity index (χ1) is 18.0. The molecule has 4 rings (SSSR count). The molecule has 2 fully saturated rings. The molecule has 3 atom stereocenters. The van der Waals surface area contributed by atoms with Crippen molar-refractivity contribution in [2.24, 2.45) is 5.92 Å². The van der Waals surface area contributed by atoms with Crippen molar-refractivity contribution in [1.29, 1.82) is 0 Å². The molecular formula is C27H29F3N4O4. The Morgan fingerprint density at radius 3 is 2.42 bits per heavy atom. The summed E-state index contributed by atoms with van der Waals surface area (Å²) in [7, 11) is 0. The lowest BCUT2D eigenvalue weighted by Crippen LogP contribution is -2.53. The van der Waals surface area contributed by atoms with E-state index in [4.69, 9.17) is 0 Å². The third kappa shape index (κ3) is 5.87. The summed E-state index contributed by atoms with van der Waals surface area (Å²) in [5.74, 6) is -1.58. The molecule has 1 aromatic heterocycles. The SMILES string of the molecule is CC(C)CC(NC(=O)c1ccc(C(F)(F)F)cc1)C(=O)N1CCC2C1C(=O)CN2C(=O)Cc1cccnc1. The van der Waals surface area contributed by atoms with E-state index in [1.807, 2.05) is 13.8 Å². The summed E-state index contributed by atoms with van der Waals surface area (Å²) >= 11 is 0. The van der Waals surface area contributed by atoms with Gasteiger partial charge in [0, 0.05) is 24.5 Å². The highest BCUT2D eigenvalue weighted by molar-refractivity contribution is 6.01. The number of carbonyl (C=O) groups excluding carboxylic acids is 4. The highest BCUT2D eigenvalue weighted by Gasteiger charge is 2.52. The lowest BCUT2D eigenvalue weighted by atomic mass is 10.0. The maximum Gasteiger partial charge on any atom is 0.416 e. The lowest BCUT2D eigenvalue weighted by molar-refractivity contribution is -0.138. The van der Waals surface area contributed by atoms with Crippen molar-refractivity contribution in [3.05, 3.63) is 65.5 Å². The molecule has 0 aliphatic carbocycles. The van der Waals surface area contributed by atoms with Gasteiger partial charge in [-0.2, -0.15) is 13.2 Å². The molecule has 2 aliphatic rings. The van der Waals surface area contributed by atoms with Crippen LogP contribution >= 0.6 is 0 Å². The Bertz CT molecular complexity index is 1200. The molecule has 0 spiro atoms. The molecule has 11 heteroatoms. The average Bonchev–Trinajstić information content (AvgIpc) is 3.44. The fourth-order valence-electron chi connectivity index (χ4n) is 5.11. The molecule has 202 valence electrons. The minimum Gasteiger partial charge on any atom is -0.340 e. The Balaban J connectivity index is 1.47. The van der Waals surface area contributed by atoms with Gasteiger partial charge in [0.25, 0.3) is 5.91 Å². The molecule has 1 N–H and O–H groups in total. The minimum absolute atomic E-state index is 0.00657. The van der Waals surface area contributed by atoms with Gasteiger partial charge in [-0.3, -0.25) is 24.2 Å². The first kappa shape index (κ1) is 27.3. The quantitative estimate of drug-likeness (QED) is 0.594. The number of Topliss-reactive ketones (excluding diaryl/α,β-unsaturated/α-hetero) is 1. The molecule has 0 bridgehead atoms. The molecule has 1 aromatic carbocycles. The number of hydrogen-bond acceptors (Lipinski definition) is 5. The highest BCUT2D eigenvalue weighted by Crippen LogP contribution is 2.32. The van der Waals surface area contributed by atoms with E-state index in [1.165, 1.54) is 9.80 Å². The third-order valence-electron chi connectivity index (χ3n) is 6.89. The Labute approximate surface area is 218 Å². The Morgan fingerprint density at radius 1 is 1.11 bits per heavy atom. The van der Waals surface area contributed by atoms with E-state index in [-0.39, 0.29) is 49.1 Å². The molecule has 3 amide bonds. The molecule has 0 saturated carbocycles. The number of nitrogens with zero attached hydrogens (tertiary/aromatic N) is 3. The second-order valence-corrected chi connectivity index (χ2v) is 10.1. The van der Waals surface area contributed by atoms with Crippen LogP contribution in [0.5, 0.6) is 0 Å². The van der Waals surface area contributed by atoms with Crippen LogP contribution in [0.1, 0.15) is 48.2 Å². The van der Waals surface area contributed by atoms with Gasteiger partial charge in [-0.1, -0.05) is 19.9 Å². The number of rotatable bonds is 7. The molecule has 2 saturated heterocycles. The first-order valence-corrected chi connectivity index (χ1v) is 12.5. The highest BCUT2D eigenvalue weighted by atomic mass is 19.4. The zero-order chi connectivity index (χ0) is 27.6. The maximum atomic E-state index is 13.6. The van der Waals surface area contributed by atoms with Crippen LogP contribution in [-0.4, -0.2) is 69.5 Å². The normalized spacial score (nSPS) is 20.0. The van der Waals surface area contributed by atoms with E-state index in [9.17, 15) is 32.3 Å². The van der Waals surface area contributed by atoms with Gasteiger partial charge >= 0.3 is 6.18 Å². The topological polar surface area (TPSA) is 99.7 Å².